The first kappa shape index (κ1) is 46.5. The summed E-state index contributed by atoms with van der Waals surface area (Å²) in [6.07, 6.45) is 6.29. The van der Waals surface area contributed by atoms with Gasteiger partial charge in [0.05, 0.1) is 69.0 Å². The molecule has 3 rings (SSSR count). The number of hydrogen-bond donors (Lipinski definition) is 0. The van der Waals surface area contributed by atoms with Gasteiger partial charge in [-0.2, -0.15) is 0 Å². The Morgan fingerprint density at radius 3 is 2.15 bits per heavy atom. The van der Waals surface area contributed by atoms with Crippen molar-refractivity contribution >= 4 is 28.9 Å². The minimum atomic E-state index is -2.17. The second-order valence-electron chi connectivity index (χ2n) is 20.0. The summed E-state index contributed by atoms with van der Waals surface area (Å²) >= 11 is 0. The van der Waals surface area contributed by atoms with Crippen LogP contribution in [-0.2, 0) is 42.1 Å². The number of methoxy groups -OCH3 is 2. The van der Waals surface area contributed by atoms with E-state index in [-0.39, 0.29) is 82.6 Å². The van der Waals surface area contributed by atoms with Gasteiger partial charge in [-0.05, 0) is 85.3 Å². The average molecular weight is 783 g/mol. The average Bonchev–Trinajstić information content (AvgIpc) is 3.56. The van der Waals surface area contributed by atoms with E-state index in [0.717, 1.165) is 44.0 Å². The molecule has 3 saturated heterocycles. The van der Waals surface area contributed by atoms with Gasteiger partial charge in [-0.15, -0.1) is 0 Å². The molecule has 0 aromatic carbocycles. The van der Waals surface area contributed by atoms with E-state index in [0.29, 0.717) is 31.8 Å². The highest BCUT2D eigenvalue weighted by Crippen LogP contribution is 2.48. The van der Waals surface area contributed by atoms with Crippen LogP contribution in [0.25, 0.3) is 0 Å². The van der Waals surface area contributed by atoms with Crippen molar-refractivity contribution in [1.29, 1.82) is 0 Å². The molecule has 3 aliphatic rings. The smallest absolute Gasteiger partial charge is 0.305 e. The summed E-state index contributed by atoms with van der Waals surface area (Å²) in [7, 11) is -1.04. The summed E-state index contributed by atoms with van der Waals surface area (Å²) in [4.78, 5) is 23.8. The SMILES string of the molecule is C=C1CC(CCC=O)OC1CCC1CC(C)C(C)(C)C(CC2OC(C[C@@H](CO[Si](C)(C)C(C)(C)C)O[Si](C)(C)C(C)(C)C)[C@H](OC)C2CC(=O)OC)O1. The topological polar surface area (TPSA) is 98.8 Å². The van der Waals surface area contributed by atoms with E-state index in [1.165, 1.54) is 7.11 Å². The highest BCUT2D eigenvalue weighted by molar-refractivity contribution is 6.74. The van der Waals surface area contributed by atoms with E-state index in [9.17, 15) is 9.59 Å². The molecule has 11 heteroatoms. The van der Waals surface area contributed by atoms with Crippen molar-refractivity contribution in [3.63, 3.8) is 0 Å². The van der Waals surface area contributed by atoms with E-state index >= 15 is 0 Å². The quantitative estimate of drug-likeness (QED) is 0.0583. The molecule has 0 aromatic rings. The van der Waals surface area contributed by atoms with Crippen LogP contribution in [0.1, 0.15) is 120 Å². The monoisotopic (exact) mass is 783 g/mol. The number of ether oxygens (including phenoxy) is 5. The van der Waals surface area contributed by atoms with Crippen LogP contribution in [0.2, 0.25) is 36.3 Å². The van der Waals surface area contributed by atoms with Gasteiger partial charge < -0.3 is 37.3 Å². The molecule has 3 fully saturated rings. The Morgan fingerprint density at radius 1 is 0.943 bits per heavy atom. The maximum absolute atomic E-state index is 12.9. The van der Waals surface area contributed by atoms with Crippen LogP contribution in [0.3, 0.4) is 0 Å². The molecule has 9 nitrogen and oxygen atoms in total. The fraction of sp³-hybridized carbons (Fsp3) is 0.905. The zero-order valence-electron chi connectivity index (χ0n) is 36.3. The molecule has 0 bridgehead atoms. The summed E-state index contributed by atoms with van der Waals surface area (Å²) in [6, 6.07) is 0. The van der Waals surface area contributed by atoms with Gasteiger partial charge in [-0.3, -0.25) is 4.79 Å². The van der Waals surface area contributed by atoms with Crippen LogP contribution in [-0.4, -0.2) is 98.5 Å². The van der Waals surface area contributed by atoms with Gasteiger partial charge in [0.1, 0.15) is 6.29 Å². The molecule has 10 atom stereocenters. The molecule has 3 heterocycles. The van der Waals surface area contributed by atoms with Crippen LogP contribution < -0.4 is 0 Å². The Morgan fingerprint density at radius 2 is 1.58 bits per heavy atom. The van der Waals surface area contributed by atoms with Crippen molar-refractivity contribution in [3.8, 4) is 0 Å². The van der Waals surface area contributed by atoms with Crippen LogP contribution >= 0.6 is 0 Å². The van der Waals surface area contributed by atoms with Gasteiger partial charge in [-0.25, -0.2) is 0 Å². The normalized spacial score (nSPS) is 31.8. The number of esters is 1. The molecule has 0 spiro atoms. The molecule has 0 aromatic heterocycles. The highest BCUT2D eigenvalue weighted by atomic mass is 28.4. The van der Waals surface area contributed by atoms with Crippen molar-refractivity contribution < 1.29 is 42.1 Å². The van der Waals surface area contributed by atoms with Gasteiger partial charge in [0.15, 0.2) is 16.6 Å². The maximum Gasteiger partial charge on any atom is 0.305 e. The summed E-state index contributed by atoms with van der Waals surface area (Å²) in [5.41, 5.74) is 1.02. The first-order valence-electron chi connectivity index (χ1n) is 20.4. The minimum absolute atomic E-state index is 0.00636. The van der Waals surface area contributed by atoms with Crippen LogP contribution in [0.5, 0.6) is 0 Å². The molecular formula is C42H78O9Si2. The lowest BCUT2D eigenvalue weighted by molar-refractivity contribution is -0.165. The highest BCUT2D eigenvalue weighted by Gasteiger charge is 2.52. The van der Waals surface area contributed by atoms with E-state index in [4.69, 9.17) is 32.5 Å². The van der Waals surface area contributed by atoms with Gasteiger partial charge in [-0.1, -0.05) is 68.9 Å². The fourth-order valence-corrected chi connectivity index (χ4v) is 10.1. The van der Waals surface area contributed by atoms with E-state index in [2.05, 4.69) is 95.1 Å². The second-order valence-corrected chi connectivity index (χ2v) is 29.6. The Hall–Kier alpha value is -0.926. The van der Waals surface area contributed by atoms with Crippen LogP contribution in [0.15, 0.2) is 12.2 Å². The van der Waals surface area contributed by atoms with E-state index < -0.39 is 16.6 Å². The van der Waals surface area contributed by atoms with Gasteiger partial charge in [0.2, 0.25) is 0 Å². The van der Waals surface area contributed by atoms with E-state index in [1.54, 1.807) is 7.11 Å². The lowest BCUT2D eigenvalue weighted by Gasteiger charge is -2.48. The Bertz CT molecular complexity index is 1210. The lowest BCUT2D eigenvalue weighted by atomic mass is 9.68. The van der Waals surface area contributed by atoms with Gasteiger partial charge in [0, 0.05) is 32.3 Å². The van der Waals surface area contributed by atoms with Crippen LogP contribution in [0.4, 0.5) is 0 Å². The zero-order valence-corrected chi connectivity index (χ0v) is 38.3. The van der Waals surface area contributed by atoms with Crippen molar-refractivity contribution in [3.05, 3.63) is 12.2 Å². The molecule has 308 valence electrons. The van der Waals surface area contributed by atoms with Gasteiger partial charge in [0.25, 0.3) is 0 Å². The van der Waals surface area contributed by atoms with Gasteiger partial charge >= 0.3 is 5.97 Å². The summed E-state index contributed by atoms with van der Waals surface area (Å²) < 4.78 is 45.7. The predicted octanol–water partition coefficient (Wildman–Crippen LogP) is 9.43. The molecule has 0 aliphatic carbocycles. The standard InChI is InChI=1S/C42H78O9Si2/c1-28-22-30(18-17-21-43)48-34(28)20-19-31-23-29(2)42(9,10)37(49-31)26-35-33(25-38(44)45-11)39(46-12)36(50-35)24-32(51-53(15,16)41(6,7)8)27-47-52(13,14)40(3,4)5/h21,29-37,39H,1,17-20,22-27H2,2-16H3/t29?,30?,31?,32-,33?,34?,35?,36?,37?,39+/m0/s1. The summed E-state index contributed by atoms with van der Waals surface area (Å²) in [5, 5.41) is 0.102. The lowest BCUT2D eigenvalue weighted by Crippen LogP contribution is -2.49. The van der Waals surface area contributed by atoms with Crippen molar-refractivity contribution in [2.24, 2.45) is 17.3 Å². The first-order valence-corrected chi connectivity index (χ1v) is 26.2. The third kappa shape index (κ3) is 12.0. The first-order chi connectivity index (χ1) is 24.4. The second kappa shape index (κ2) is 18.6. The number of carbonyl (C=O) groups is 2. The molecule has 0 amide bonds. The zero-order chi connectivity index (χ0) is 40.2. The number of hydrogen-bond acceptors (Lipinski definition) is 9. The molecule has 53 heavy (non-hydrogen) atoms. The molecular weight excluding hydrogens is 705 g/mol. The number of carbonyl (C=O) groups excluding carboxylic acids is 2. The van der Waals surface area contributed by atoms with E-state index in [1.807, 2.05) is 0 Å². The molecule has 3 aliphatic heterocycles. The molecule has 0 N–H and O–H groups in total. The predicted molar refractivity (Wildman–Crippen MR) is 217 cm³/mol. The molecule has 0 saturated carbocycles. The van der Waals surface area contributed by atoms with Crippen LogP contribution in [0, 0.1) is 17.3 Å². The third-order valence-electron chi connectivity index (χ3n) is 13.9. The maximum atomic E-state index is 12.9. The Labute approximate surface area is 325 Å². The number of rotatable bonds is 18. The minimum Gasteiger partial charge on any atom is -0.469 e. The number of aldehydes is 1. The molecule has 8 unspecified atom stereocenters. The third-order valence-corrected chi connectivity index (χ3v) is 22.9. The summed E-state index contributed by atoms with van der Waals surface area (Å²) in [5.74, 6) is -0.0376. The molecule has 0 radical (unpaired) electrons. The summed E-state index contributed by atoms with van der Waals surface area (Å²) in [6.45, 7) is 34.5. The van der Waals surface area contributed by atoms with Crippen molar-refractivity contribution in [1.82, 2.24) is 0 Å². The fourth-order valence-electron chi connectivity index (χ4n) is 7.75. The van der Waals surface area contributed by atoms with Crippen molar-refractivity contribution in [2.75, 3.05) is 20.8 Å². The largest absolute Gasteiger partial charge is 0.469 e. The Balaban J connectivity index is 1.83. The Kier molecular flexibility index (Phi) is 16.3. The van der Waals surface area contributed by atoms with Crippen molar-refractivity contribution in [2.45, 2.75) is 205 Å².